The van der Waals surface area contributed by atoms with Crippen LogP contribution in [0.4, 0.5) is 0 Å². The quantitative estimate of drug-likeness (QED) is 0.531. The van der Waals surface area contributed by atoms with Gasteiger partial charge in [0.1, 0.15) is 5.75 Å². The van der Waals surface area contributed by atoms with Gasteiger partial charge in [-0.3, -0.25) is 4.79 Å². The number of hydrogen-bond acceptors (Lipinski definition) is 3. The maximum absolute atomic E-state index is 10.8. The summed E-state index contributed by atoms with van der Waals surface area (Å²) < 4.78 is 10.5. The Kier molecular flexibility index (Phi) is 4.84. The van der Waals surface area contributed by atoms with Gasteiger partial charge in [-0.2, -0.15) is 0 Å². The molecule has 1 rings (SSSR count). The molecule has 0 aliphatic rings. The van der Waals surface area contributed by atoms with Crippen molar-refractivity contribution in [2.45, 2.75) is 13.3 Å². The molecule has 1 aromatic carbocycles. The van der Waals surface area contributed by atoms with Crippen LogP contribution in [-0.2, 0) is 4.74 Å². The molecule has 0 N–H and O–H groups in total. The van der Waals surface area contributed by atoms with E-state index in [4.69, 9.17) is 9.47 Å². The van der Waals surface area contributed by atoms with Crippen LogP contribution in [0.3, 0.4) is 0 Å². The average Bonchev–Trinajstić information content (AvgIpc) is 2.26. The highest BCUT2D eigenvalue weighted by Gasteiger charge is 2.05. The topological polar surface area (TPSA) is 35.5 Å². The predicted octanol–water partition coefficient (Wildman–Crippen LogP) is 2.22. The second-order valence-electron chi connectivity index (χ2n) is 3.31. The second-order valence-corrected chi connectivity index (χ2v) is 3.31. The van der Waals surface area contributed by atoms with E-state index in [1.807, 2.05) is 19.1 Å². The molecule has 0 aliphatic carbocycles. The van der Waals surface area contributed by atoms with Crippen LogP contribution in [0.25, 0.3) is 0 Å². The lowest BCUT2D eigenvalue weighted by molar-refractivity contribution is 0.111. The molecule has 3 nitrogen and oxygen atoms in total. The predicted molar refractivity (Wildman–Crippen MR) is 58.6 cm³/mol. The fourth-order valence-electron chi connectivity index (χ4n) is 1.34. The first-order valence-electron chi connectivity index (χ1n) is 4.96. The van der Waals surface area contributed by atoms with E-state index in [9.17, 15) is 4.79 Å². The van der Waals surface area contributed by atoms with Gasteiger partial charge in [0.25, 0.3) is 0 Å². The highest BCUT2D eigenvalue weighted by atomic mass is 16.5. The van der Waals surface area contributed by atoms with Crippen LogP contribution in [0.2, 0.25) is 0 Å². The van der Waals surface area contributed by atoms with Gasteiger partial charge in [-0.05, 0) is 18.6 Å². The van der Waals surface area contributed by atoms with Crippen LogP contribution in [-0.4, -0.2) is 26.6 Å². The van der Waals surface area contributed by atoms with Crippen molar-refractivity contribution in [1.29, 1.82) is 0 Å². The molecule has 0 atom stereocenters. The Morgan fingerprint density at radius 3 is 2.80 bits per heavy atom. The van der Waals surface area contributed by atoms with Crippen molar-refractivity contribution in [3.63, 3.8) is 0 Å². The first-order chi connectivity index (χ1) is 7.29. The number of rotatable bonds is 6. The molecule has 0 unspecified atom stereocenters. The number of ether oxygens (including phenoxy) is 2. The zero-order valence-corrected chi connectivity index (χ0v) is 9.16. The van der Waals surface area contributed by atoms with Crippen LogP contribution in [0.15, 0.2) is 18.2 Å². The molecule has 1 aromatic rings. The van der Waals surface area contributed by atoms with Gasteiger partial charge >= 0.3 is 0 Å². The molecule has 82 valence electrons. The third-order valence-corrected chi connectivity index (χ3v) is 2.11. The summed E-state index contributed by atoms with van der Waals surface area (Å²) in [6, 6.07) is 5.53. The van der Waals surface area contributed by atoms with E-state index in [0.717, 1.165) is 18.3 Å². The normalized spacial score (nSPS) is 10.0. The molecular formula is C12H16O3. The zero-order chi connectivity index (χ0) is 11.1. The Hall–Kier alpha value is -1.35. The van der Waals surface area contributed by atoms with E-state index in [-0.39, 0.29) is 0 Å². The summed E-state index contributed by atoms with van der Waals surface area (Å²) in [6.45, 7) is 3.17. The number of methoxy groups -OCH3 is 1. The smallest absolute Gasteiger partial charge is 0.153 e. The molecule has 0 amide bonds. The van der Waals surface area contributed by atoms with Crippen LogP contribution >= 0.6 is 0 Å². The zero-order valence-electron chi connectivity index (χ0n) is 9.16. The minimum absolute atomic E-state index is 0.569. The van der Waals surface area contributed by atoms with E-state index in [0.29, 0.717) is 24.5 Å². The van der Waals surface area contributed by atoms with E-state index in [1.54, 1.807) is 13.2 Å². The van der Waals surface area contributed by atoms with Crippen LogP contribution in [0, 0.1) is 6.92 Å². The van der Waals surface area contributed by atoms with Gasteiger partial charge in [0.05, 0.1) is 12.2 Å². The monoisotopic (exact) mass is 208 g/mol. The van der Waals surface area contributed by atoms with Gasteiger partial charge in [-0.15, -0.1) is 0 Å². The fraction of sp³-hybridized carbons (Fsp3) is 0.417. The van der Waals surface area contributed by atoms with E-state index in [1.165, 1.54) is 0 Å². The number of aldehydes is 1. The van der Waals surface area contributed by atoms with Gasteiger partial charge < -0.3 is 9.47 Å². The molecule has 0 fully saturated rings. The van der Waals surface area contributed by atoms with Gasteiger partial charge in [-0.25, -0.2) is 0 Å². The fourth-order valence-corrected chi connectivity index (χ4v) is 1.34. The molecule has 0 aromatic heterocycles. The minimum Gasteiger partial charge on any atom is -0.492 e. The van der Waals surface area contributed by atoms with Crippen molar-refractivity contribution in [1.82, 2.24) is 0 Å². The Morgan fingerprint density at radius 1 is 1.33 bits per heavy atom. The van der Waals surface area contributed by atoms with Crippen molar-refractivity contribution >= 4 is 6.29 Å². The Morgan fingerprint density at radius 2 is 2.13 bits per heavy atom. The maximum atomic E-state index is 10.8. The SMILES string of the molecule is COCCCOc1c(C)cccc1C=O. The summed E-state index contributed by atoms with van der Waals surface area (Å²) in [6.07, 6.45) is 1.64. The molecule has 0 bridgehead atoms. The molecule has 0 radical (unpaired) electrons. The first-order valence-corrected chi connectivity index (χ1v) is 4.96. The molecule has 0 spiro atoms. The molecule has 0 heterocycles. The Bertz CT molecular complexity index is 321. The van der Waals surface area contributed by atoms with Crippen molar-refractivity contribution < 1.29 is 14.3 Å². The number of hydrogen-bond donors (Lipinski definition) is 0. The number of carbonyl (C=O) groups excluding carboxylic acids is 1. The summed E-state index contributed by atoms with van der Waals surface area (Å²) in [5.41, 5.74) is 1.59. The van der Waals surface area contributed by atoms with E-state index in [2.05, 4.69) is 0 Å². The summed E-state index contributed by atoms with van der Waals surface area (Å²) in [7, 11) is 1.66. The van der Waals surface area contributed by atoms with Gasteiger partial charge in [-0.1, -0.05) is 12.1 Å². The lowest BCUT2D eigenvalue weighted by atomic mass is 10.1. The molecular weight excluding hydrogens is 192 g/mol. The molecule has 15 heavy (non-hydrogen) atoms. The largest absolute Gasteiger partial charge is 0.492 e. The Labute approximate surface area is 90.0 Å². The van der Waals surface area contributed by atoms with Crippen molar-refractivity contribution in [3.8, 4) is 5.75 Å². The summed E-state index contributed by atoms with van der Waals surface area (Å²) in [4.78, 5) is 10.8. The molecule has 0 aliphatic heterocycles. The van der Waals surface area contributed by atoms with Crippen molar-refractivity contribution in [2.24, 2.45) is 0 Å². The summed E-state index contributed by atoms with van der Waals surface area (Å²) in [5.74, 6) is 0.684. The van der Waals surface area contributed by atoms with Crippen LogP contribution in [0.1, 0.15) is 22.3 Å². The Balaban J connectivity index is 2.62. The highest BCUT2D eigenvalue weighted by Crippen LogP contribution is 2.21. The van der Waals surface area contributed by atoms with Crippen molar-refractivity contribution in [3.05, 3.63) is 29.3 Å². The second kappa shape index (κ2) is 6.19. The number of benzene rings is 1. The average molecular weight is 208 g/mol. The molecule has 0 saturated carbocycles. The van der Waals surface area contributed by atoms with Crippen LogP contribution < -0.4 is 4.74 Å². The highest BCUT2D eigenvalue weighted by molar-refractivity contribution is 5.80. The summed E-state index contributed by atoms with van der Waals surface area (Å²) in [5, 5.41) is 0. The third kappa shape index (κ3) is 3.36. The number of aryl methyl sites for hydroxylation is 1. The number of carbonyl (C=O) groups is 1. The van der Waals surface area contributed by atoms with E-state index < -0.39 is 0 Å². The maximum Gasteiger partial charge on any atom is 0.153 e. The van der Waals surface area contributed by atoms with Crippen molar-refractivity contribution in [2.75, 3.05) is 20.3 Å². The third-order valence-electron chi connectivity index (χ3n) is 2.11. The van der Waals surface area contributed by atoms with Gasteiger partial charge in [0, 0.05) is 20.1 Å². The number of para-hydroxylation sites is 1. The van der Waals surface area contributed by atoms with E-state index >= 15 is 0 Å². The minimum atomic E-state index is 0.569. The molecule has 0 saturated heterocycles. The van der Waals surface area contributed by atoms with Gasteiger partial charge in [0.2, 0.25) is 0 Å². The lowest BCUT2D eigenvalue weighted by Crippen LogP contribution is -2.04. The summed E-state index contributed by atoms with van der Waals surface area (Å²) >= 11 is 0. The van der Waals surface area contributed by atoms with Gasteiger partial charge in [0.15, 0.2) is 6.29 Å². The molecule has 3 heteroatoms. The standard InChI is InChI=1S/C12H16O3/c1-10-5-3-6-11(9-13)12(10)15-8-4-7-14-2/h3,5-6,9H,4,7-8H2,1-2H3. The van der Waals surface area contributed by atoms with Crippen LogP contribution in [0.5, 0.6) is 5.75 Å². The lowest BCUT2D eigenvalue weighted by Gasteiger charge is -2.10. The first kappa shape index (κ1) is 11.7.